The van der Waals surface area contributed by atoms with Gasteiger partial charge in [0.25, 0.3) is 5.91 Å². The molecule has 1 amide bonds. The van der Waals surface area contributed by atoms with Crippen LogP contribution in [-0.4, -0.2) is 41.7 Å². The lowest BCUT2D eigenvalue weighted by molar-refractivity contribution is -0.138. The topological polar surface area (TPSA) is 49.8 Å². The Morgan fingerprint density at radius 1 is 1.56 bits per heavy atom. The molecule has 4 nitrogen and oxygen atoms in total. The first-order valence-electron chi connectivity index (χ1n) is 5.90. The molecule has 0 aliphatic rings. The summed E-state index contributed by atoms with van der Waals surface area (Å²) in [5.41, 5.74) is 0. The molecule has 0 aromatic heterocycles. The van der Waals surface area contributed by atoms with Gasteiger partial charge in [0.05, 0.1) is 6.61 Å². The smallest absolute Gasteiger partial charge is 0.263 e. The molecule has 1 aromatic rings. The van der Waals surface area contributed by atoms with E-state index in [2.05, 4.69) is 0 Å². The summed E-state index contributed by atoms with van der Waals surface area (Å²) in [7, 11) is 0. The highest BCUT2D eigenvalue weighted by atomic mass is 19.1. The van der Waals surface area contributed by atoms with E-state index in [4.69, 9.17) is 9.84 Å². The number of rotatable bonds is 6. The number of likely N-dealkylation sites (N-methyl/N-ethyl adjacent to an activating group) is 1. The van der Waals surface area contributed by atoms with E-state index in [1.807, 2.05) is 6.92 Å². The van der Waals surface area contributed by atoms with Crippen molar-refractivity contribution in [3.63, 3.8) is 0 Å². The lowest BCUT2D eigenvalue weighted by atomic mass is 10.3. The van der Waals surface area contributed by atoms with Crippen molar-refractivity contribution >= 4 is 5.91 Å². The van der Waals surface area contributed by atoms with Gasteiger partial charge in [0.1, 0.15) is 11.6 Å². The summed E-state index contributed by atoms with van der Waals surface area (Å²) >= 11 is 0. The number of ether oxygens (including phenoxy) is 1. The van der Waals surface area contributed by atoms with Gasteiger partial charge in [-0.3, -0.25) is 4.79 Å². The lowest BCUT2D eigenvalue weighted by Gasteiger charge is -2.24. The second-order valence-corrected chi connectivity index (χ2v) is 3.86. The van der Waals surface area contributed by atoms with Crippen LogP contribution in [-0.2, 0) is 4.79 Å². The van der Waals surface area contributed by atoms with Gasteiger partial charge in [-0.05, 0) is 26.0 Å². The van der Waals surface area contributed by atoms with E-state index >= 15 is 0 Å². The van der Waals surface area contributed by atoms with Gasteiger partial charge < -0.3 is 14.7 Å². The quantitative estimate of drug-likeness (QED) is 0.836. The number of hydrogen-bond acceptors (Lipinski definition) is 3. The first-order chi connectivity index (χ1) is 8.58. The van der Waals surface area contributed by atoms with Crippen LogP contribution < -0.4 is 4.74 Å². The first-order valence-corrected chi connectivity index (χ1v) is 5.90. The number of amides is 1. The molecule has 0 aliphatic carbocycles. The van der Waals surface area contributed by atoms with Gasteiger partial charge in [-0.1, -0.05) is 6.07 Å². The average molecular weight is 255 g/mol. The molecule has 100 valence electrons. The maximum Gasteiger partial charge on any atom is 0.263 e. The van der Waals surface area contributed by atoms with Crippen molar-refractivity contribution in [1.29, 1.82) is 0 Å². The Balaban J connectivity index is 2.64. The number of nitrogens with zero attached hydrogens (tertiary/aromatic N) is 1. The SMILES string of the molecule is CCN(CCO)C(=O)C(C)Oc1cccc(F)c1. The number of benzene rings is 1. The summed E-state index contributed by atoms with van der Waals surface area (Å²) in [5, 5.41) is 8.84. The molecule has 0 heterocycles. The van der Waals surface area contributed by atoms with Crippen molar-refractivity contribution in [3.8, 4) is 5.75 Å². The Morgan fingerprint density at radius 2 is 2.28 bits per heavy atom. The van der Waals surface area contributed by atoms with Gasteiger partial charge in [-0.15, -0.1) is 0 Å². The molecule has 0 saturated carbocycles. The molecule has 1 atom stereocenters. The fraction of sp³-hybridized carbons (Fsp3) is 0.462. The molecule has 0 radical (unpaired) electrons. The average Bonchev–Trinajstić information content (AvgIpc) is 2.35. The molecule has 5 heteroatoms. The van der Waals surface area contributed by atoms with Gasteiger partial charge >= 0.3 is 0 Å². The van der Waals surface area contributed by atoms with Crippen molar-refractivity contribution in [2.75, 3.05) is 19.7 Å². The van der Waals surface area contributed by atoms with Gasteiger partial charge in [0, 0.05) is 19.2 Å². The minimum atomic E-state index is -0.710. The largest absolute Gasteiger partial charge is 0.481 e. The van der Waals surface area contributed by atoms with Crippen LogP contribution >= 0.6 is 0 Å². The van der Waals surface area contributed by atoms with Crippen molar-refractivity contribution in [1.82, 2.24) is 4.90 Å². The zero-order valence-electron chi connectivity index (χ0n) is 10.6. The second kappa shape index (κ2) is 6.96. The molecule has 1 unspecified atom stereocenters. The zero-order chi connectivity index (χ0) is 13.5. The molecule has 18 heavy (non-hydrogen) atoms. The van der Waals surface area contributed by atoms with E-state index in [1.54, 1.807) is 13.0 Å². The molecule has 0 saturated heterocycles. The van der Waals surface area contributed by atoms with Gasteiger partial charge in [-0.2, -0.15) is 0 Å². The van der Waals surface area contributed by atoms with Crippen molar-refractivity contribution < 1.29 is 19.0 Å². The lowest BCUT2D eigenvalue weighted by Crippen LogP contribution is -2.41. The Bertz CT molecular complexity index is 398. The highest BCUT2D eigenvalue weighted by Crippen LogP contribution is 2.14. The van der Waals surface area contributed by atoms with Crippen LogP contribution in [0.1, 0.15) is 13.8 Å². The molecule has 0 aliphatic heterocycles. The number of carbonyl (C=O) groups excluding carboxylic acids is 1. The van der Waals surface area contributed by atoms with Crippen LogP contribution in [0.3, 0.4) is 0 Å². The first kappa shape index (κ1) is 14.4. The summed E-state index contributed by atoms with van der Waals surface area (Å²) in [6, 6.07) is 5.65. The van der Waals surface area contributed by atoms with Crippen LogP contribution in [0.4, 0.5) is 4.39 Å². The molecular weight excluding hydrogens is 237 g/mol. The maximum absolute atomic E-state index is 13.0. The summed E-state index contributed by atoms with van der Waals surface area (Å²) < 4.78 is 18.3. The zero-order valence-corrected chi connectivity index (χ0v) is 10.6. The third kappa shape index (κ3) is 4.00. The molecular formula is C13H18FNO3. The number of carbonyl (C=O) groups is 1. The third-order valence-corrected chi connectivity index (χ3v) is 2.52. The van der Waals surface area contributed by atoms with Gasteiger partial charge in [0.15, 0.2) is 6.10 Å². The Kier molecular flexibility index (Phi) is 5.58. The fourth-order valence-corrected chi connectivity index (χ4v) is 1.60. The normalized spacial score (nSPS) is 12.0. The van der Waals surface area contributed by atoms with E-state index in [0.717, 1.165) is 0 Å². The summed E-state index contributed by atoms with van der Waals surface area (Å²) in [5.74, 6) is -0.318. The van der Waals surface area contributed by atoms with E-state index in [0.29, 0.717) is 12.3 Å². The van der Waals surface area contributed by atoms with Crippen LogP contribution in [0.2, 0.25) is 0 Å². The van der Waals surface area contributed by atoms with Crippen LogP contribution in [0.25, 0.3) is 0 Å². The summed E-state index contributed by atoms with van der Waals surface area (Å²) in [6.07, 6.45) is -0.710. The van der Waals surface area contributed by atoms with Crippen LogP contribution in [0.5, 0.6) is 5.75 Å². The Hall–Kier alpha value is -1.62. The fourth-order valence-electron chi connectivity index (χ4n) is 1.60. The number of halogens is 1. The third-order valence-electron chi connectivity index (χ3n) is 2.52. The van der Waals surface area contributed by atoms with E-state index in [9.17, 15) is 9.18 Å². The number of hydrogen-bond donors (Lipinski definition) is 1. The molecule has 1 aromatic carbocycles. The maximum atomic E-state index is 13.0. The van der Waals surface area contributed by atoms with Crippen LogP contribution in [0, 0.1) is 5.82 Å². The number of aliphatic hydroxyl groups is 1. The van der Waals surface area contributed by atoms with Crippen molar-refractivity contribution in [2.45, 2.75) is 20.0 Å². The van der Waals surface area contributed by atoms with Crippen molar-refractivity contribution in [2.24, 2.45) is 0 Å². The van der Waals surface area contributed by atoms with Crippen LogP contribution in [0.15, 0.2) is 24.3 Å². The van der Waals surface area contributed by atoms with E-state index < -0.39 is 11.9 Å². The number of aliphatic hydroxyl groups excluding tert-OH is 1. The van der Waals surface area contributed by atoms with E-state index in [1.165, 1.54) is 23.1 Å². The Morgan fingerprint density at radius 3 is 2.83 bits per heavy atom. The monoisotopic (exact) mass is 255 g/mol. The van der Waals surface area contributed by atoms with Gasteiger partial charge in [-0.25, -0.2) is 4.39 Å². The van der Waals surface area contributed by atoms with E-state index in [-0.39, 0.29) is 19.1 Å². The minimum absolute atomic E-state index is 0.0910. The molecule has 0 bridgehead atoms. The molecule has 1 rings (SSSR count). The molecule has 0 spiro atoms. The second-order valence-electron chi connectivity index (χ2n) is 3.86. The predicted octanol–water partition coefficient (Wildman–Crippen LogP) is 1.43. The Labute approximate surface area is 106 Å². The molecule has 1 N–H and O–H groups in total. The highest BCUT2D eigenvalue weighted by Gasteiger charge is 2.20. The highest BCUT2D eigenvalue weighted by molar-refractivity contribution is 5.80. The predicted molar refractivity (Wildman–Crippen MR) is 65.8 cm³/mol. The van der Waals surface area contributed by atoms with Gasteiger partial charge in [0.2, 0.25) is 0 Å². The minimum Gasteiger partial charge on any atom is -0.481 e. The summed E-state index contributed by atoms with van der Waals surface area (Å²) in [6.45, 7) is 4.10. The van der Waals surface area contributed by atoms with Crippen molar-refractivity contribution in [3.05, 3.63) is 30.1 Å². The summed E-state index contributed by atoms with van der Waals surface area (Å²) in [4.78, 5) is 13.4. The molecule has 0 fully saturated rings. The standard InChI is InChI=1S/C13H18FNO3/c1-3-15(7-8-16)13(17)10(2)18-12-6-4-5-11(14)9-12/h4-6,9-10,16H,3,7-8H2,1-2H3.